The minimum Gasteiger partial charge on any atom is -0.461 e. The molecule has 0 aromatic carbocycles. The number of ether oxygens (including phenoxy) is 9. The first-order valence-corrected chi connectivity index (χ1v) is 26.8. The van der Waals surface area contributed by atoms with Crippen molar-refractivity contribution in [3.63, 3.8) is 0 Å². The van der Waals surface area contributed by atoms with Gasteiger partial charge in [-0.25, -0.2) is 0 Å². The summed E-state index contributed by atoms with van der Waals surface area (Å²) in [6, 6.07) is 0. The molecule has 22 heteroatoms. The van der Waals surface area contributed by atoms with Crippen molar-refractivity contribution < 1.29 is 109 Å². The minimum atomic E-state index is -1.88. The number of aliphatic hydroxyl groups excluding tert-OH is 12. The fourth-order valence-electron chi connectivity index (χ4n) is 16.4. The number of allylic oxidation sites excluding steroid dienone is 2. The van der Waals surface area contributed by atoms with Crippen LogP contribution in [0.2, 0.25) is 0 Å². The van der Waals surface area contributed by atoms with E-state index in [-0.39, 0.29) is 46.1 Å². The molecular weight excluding hydrogens is 977 g/mol. The molecule has 9 fully saturated rings. The minimum absolute atomic E-state index is 0.0747. The number of rotatable bonds is 10. The maximum Gasteiger partial charge on any atom is 0.315 e. The topological polar surface area (TPSA) is 343 Å². The Morgan fingerprint density at radius 3 is 1.95 bits per heavy atom. The van der Waals surface area contributed by atoms with Gasteiger partial charge in [0.25, 0.3) is 0 Å². The number of fused-ring (bicyclic) bond motifs is 7. The van der Waals surface area contributed by atoms with Crippen molar-refractivity contribution in [3.05, 3.63) is 11.6 Å². The van der Waals surface area contributed by atoms with E-state index in [1.165, 1.54) is 5.57 Å². The third kappa shape index (κ3) is 8.45. The smallest absolute Gasteiger partial charge is 0.315 e. The Morgan fingerprint density at radius 1 is 0.622 bits per heavy atom. The third-order valence-corrected chi connectivity index (χ3v) is 21.1. The van der Waals surface area contributed by atoms with E-state index in [0.717, 1.165) is 32.1 Å². The van der Waals surface area contributed by atoms with Gasteiger partial charge in [0, 0.05) is 11.8 Å². The van der Waals surface area contributed by atoms with Gasteiger partial charge in [-0.05, 0) is 84.4 Å². The lowest BCUT2D eigenvalue weighted by atomic mass is 9.33. The second kappa shape index (κ2) is 19.6. The first kappa shape index (κ1) is 55.7. The fourth-order valence-corrected chi connectivity index (χ4v) is 16.4. The standard InChI is InChI=1S/C52H82O22/c1-47(2)14-22-21-8-9-28-49(5)12-11-30(48(3,4)27(49)10-13-50(28,6)51(21,7)15-29(56)52(22)16-31(47)72-46(52)65)71-45-41(74-43-39(64)36(61)34(59)25(17-53)69-43)37(62)35(60)26(70-45)20-68-44-40(33(58)24(55)19-67-44)73-42-38(63)32(57)23(54)18-66-42/h8,22-45,53-64H,9-20H2,1-7H3/t22-,23-,24-,25+,26+,27-,28+,29+,30-,31-,32-,33-,34+,35+,36-,37-,38+,39+,40+,41+,42-,43-,44-,45-,49-,50+,51+,52+/m0/s1. The molecule has 10 rings (SSSR count). The Morgan fingerprint density at radius 2 is 1.24 bits per heavy atom. The summed E-state index contributed by atoms with van der Waals surface area (Å²) in [6.07, 6.45) is -23.2. The number of esters is 1. The normalized spacial score (nSPS) is 55.7. The number of hydrogen-bond donors (Lipinski definition) is 12. The summed E-state index contributed by atoms with van der Waals surface area (Å²) in [5, 5.41) is 131. The number of carbonyl (C=O) groups is 1. The van der Waals surface area contributed by atoms with E-state index in [9.17, 15) is 66.1 Å². The molecule has 0 aromatic heterocycles. The van der Waals surface area contributed by atoms with E-state index in [2.05, 4.69) is 54.5 Å². The van der Waals surface area contributed by atoms with Gasteiger partial charge in [0.15, 0.2) is 25.2 Å². The summed E-state index contributed by atoms with van der Waals surface area (Å²) in [7, 11) is 0. The van der Waals surface area contributed by atoms with Crippen LogP contribution >= 0.6 is 0 Å². The maximum absolute atomic E-state index is 13.8. The lowest BCUT2D eigenvalue weighted by molar-refractivity contribution is -0.384. The SMILES string of the molecule is CC1(C)C[C@H]2C3=CC[C@@H]4[C@@]5(C)CC[C@H](O[C@@H]6O[C@H](CO[C@@H]7OC[C@H](O)[C@H](O)[C@H]7O[C@@H]7OC[C@H](O)[C@H](O)[C@H]7O)[C@@H](O)[C@H](O)[C@H]6O[C@@H]6O[C@H](CO)[C@@H](O)[C@H](O)[C@H]6O)C(C)(C)[C@@H]5CC[C@@]4(C)[C@]3(C)C[C@@H](O)[C@@]23C[C@@H]1OC3=O. The van der Waals surface area contributed by atoms with Crippen molar-refractivity contribution in [1.82, 2.24) is 0 Å². The monoisotopic (exact) mass is 1060 g/mol. The Balaban J connectivity index is 0.902. The number of carbonyl (C=O) groups excluding carboxylic acids is 1. The first-order valence-electron chi connectivity index (χ1n) is 26.8. The van der Waals surface area contributed by atoms with Crippen LogP contribution in [0.3, 0.4) is 0 Å². The van der Waals surface area contributed by atoms with Crippen molar-refractivity contribution in [2.75, 3.05) is 26.4 Å². The van der Waals surface area contributed by atoms with E-state index in [1.54, 1.807) is 0 Å². The van der Waals surface area contributed by atoms with Crippen molar-refractivity contribution in [2.45, 2.75) is 229 Å². The lowest BCUT2D eigenvalue weighted by Crippen LogP contribution is -2.68. The van der Waals surface area contributed by atoms with Crippen LogP contribution in [-0.2, 0) is 47.4 Å². The highest BCUT2D eigenvalue weighted by atomic mass is 16.8. The molecular formula is C52H82O22. The highest BCUT2D eigenvalue weighted by molar-refractivity contribution is 5.82. The quantitative estimate of drug-likeness (QED) is 0.0654. The molecule has 0 radical (unpaired) electrons. The molecule has 0 aromatic rings. The predicted octanol–water partition coefficient (Wildman–Crippen LogP) is -1.77. The molecule has 5 aliphatic heterocycles. The van der Waals surface area contributed by atoms with Crippen LogP contribution in [0.25, 0.3) is 0 Å². The molecule has 5 aliphatic carbocycles. The largest absolute Gasteiger partial charge is 0.461 e. The average molecular weight is 1060 g/mol. The molecule has 10 aliphatic rings. The maximum atomic E-state index is 13.8. The second-order valence-electron chi connectivity index (χ2n) is 25.6. The Labute approximate surface area is 430 Å². The van der Waals surface area contributed by atoms with Gasteiger partial charge in [0.2, 0.25) is 0 Å². The van der Waals surface area contributed by atoms with Crippen LogP contribution in [0, 0.1) is 50.2 Å². The molecule has 12 N–H and O–H groups in total. The molecule has 5 saturated heterocycles. The van der Waals surface area contributed by atoms with Crippen LogP contribution in [0.5, 0.6) is 0 Å². The van der Waals surface area contributed by atoms with Crippen LogP contribution in [0.1, 0.15) is 99.8 Å². The summed E-state index contributed by atoms with van der Waals surface area (Å²) in [4.78, 5) is 13.8. The van der Waals surface area contributed by atoms with Gasteiger partial charge in [0.1, 0.15) is 97.0 Å². The Kier molecular flexibility index (Phi) is 14.8. The van der Waals surface area contributed by atoms with Gasteiger partial charge >= 0.3 is 5.97 Å². The van der Waals surface area contributed by atoms with Crippen LogP contribution in [0.4, 0.5) is 0 Å². The Bertz CT molecular complexity index is 2090. The second-order valence-corrected chi connectivity index (χ2v) is 25.6. The number of hydrogen-bond acceptors (Lipinski definition) is 22. The third-order valence-electron chi connectivity index (χ3n) is 21.1. The lowest BCUT2D eigenvalue weighted by Gasteiger charge is -2.71. The summed E-state index contributed by atoms with van der Waals surface area (Å²) < 4.78 is 54.2. The van der Waals surface area contributed by atoms with Crippen molar-refractivity contribution in [1.29, 1.82) is 0 Å². The van der Waals surface area contributed by atoms with E-state index in [4.69, 9.17) is 42.6 Å². The molecule has 28 atom stereocenters. The number of aliphatic hydroxyl groups is 12. The summed E-state index contributed by atoms with van der Waals surface area (Å²) in [5.74, 6) is -0.131. The highest BCUT2D eigenvalue weighted by Gasteiger charge is 2.75. The molecule has 74 heavy (non-hydrogen) atoms. The zero-order valence-corrected chi connectivity index (χ0v) is 43.4. The van der Waals surface area contributed by atoms with E-state index >= 15 is 0 Å². The van der Waals surface area contributed by atoms with E-state index < -0.39 is 165 Å². The molecule has 0 unspecified atom stereocenters. The van der Waals surface area contributed by atoms with Gasteiger partial charge < -0.3 is 104 Å². The van der Waals surface area contributed by atoms with Gasteiger partial charge in [-0.2, -0.15) is 0 Å². The molecule has 0 amide bonds. The zero-order valence-electron chi connectivity index (χ0n) is 43.4. The van der Waals surface area contributed by atoms with Crippen molar-refractivity contribution >= 4 is 5.97 Å². The molecule has 22 nitrogen and oxygen atoms in total. The molecule has 422 valence electrons. The molecule has 4 saturated carbocycles. The molecule has 2 bridgehead atoms. The van der Waals surface area contributed by atoms with Crippen molar-refractivity contribution in [3.8, 4) is 0 Å². The van der Waals surface area contributed by atoms with Gasteiger partial charge in [-0.3, -0.25) is 4.79 Å². The van der Waals surface area contributed by atoms with Gasteiger partial charge in [0.05, 0.1) is 38.6 Å². The molecule has 5 heterocycles. The summed E-state index contributed by atoms with van der Waals surface area (Å²) in [6.45, 7) is 13.5. The van der Waals surface area contributed by atoms with Crippen LogP contribution in [0.15, 0.2) is 11.6 Å². The fraction of sp³-hybridized carbons (Fsp3) is 0.942. The first-order chi connectivity index (χ1) is 34.7. The zero-order chi connectivity index (χ0) is 53.6. The average Bonchev–Trinajstić information content (AvgIpc) is 3.68. The van der Waals surface area contributed by atoms with Gasteiger partial charge in [-0.1, -0.05) is 60.1 Å². The van der Waals surface area contributed by atoms with E-state index in [0.29, 0.717) is 19.3 Å². The summed E-state index contributed by atoms with van der Waals surface area (Å²) in [5.41, 5.74) is -1.35. The van der Waals surface area contributed by atoms with E-state index in [1.807, 2.05) is 0 Å². The summed E-state index contributed by atoms with van der Waals surface area (Å²) >= 11 is 0. The predicted molar refractivity (Wildman–Crippen MR) is 250 cm³/mol. The van der Waals surface area contributed by atoms with Crippen molar-refractivity contribution in [2.24, 2.45) is 50.2 Å². The van der Waals surface area contributed by atoms with Gasteiger partial charge in [-0.15, -0.1) is 0 Å². The van der Waals surface area contributed by atoms with Crippen LogP contribution < -0.4 is 0 Å². The highest BCUT2D eigenvalue weighted by Crippen LogP contribution is 2.77. The Hall–Kier alpha value is -1.59. The van der Waals surface area contributed by atoms with Crippen LogP contribution in [-0.4, -0.2) is 223 Å². The molecule has 1 spiro atoms.